The van der Waals surface area contributed by atoms with E-state index in [-0.39, 0.29) is 29.3 Å². The van der Waals surface area contributed by atoms with Gasteiger partial charge in [-0.2, -0.15) is 0 Å². The zero-order valence-corrected chi connectivity index (χ0v) is 13.7. The maximum Gasteiger partial charge on any atom is 0.337 e. The molecule has 24 heavy (non-hydrogen) atoms. The summed E-state index contributed by atoms with van der Waals surface area (Å²) in [4.78, 5) is 23.0. The highest BCUT2D eigenvalue weighted by atomic mass is 16.4. The number of aryl methyl sites for hydroxylation is 1. The van der Waals surface area contributed by atoms with E-state index in [0.717, 1.165) is 11.6 Å². The third-order valence-corrected chi connectivity index (χ3v) is 3.13. The lowest BCUT2D eigenvalue weighted by Gasteiger charge is -2.09. The highest BCUT2D eigenvalue weighted by Crippen LogP contribution is 2.21. The van der Waals surface area contributed by atoms with Crippen molar-refractivity contribution in [1.29, 1.82) is 0 Å². The van der Waals surface area contributed by atoms with Crippen molar-refractivity contribution in [3.05, 3.63) is 53.6 Å². The number of carboxylic acids is 1. The summed E-state index contributed by atoms with van der Waals surface area (Å²) in [6.45, 7) is 4.00. The van der Waals surface area contributed by atoms with Gasteiger partial charge in [0, 0.05) is 12.1 Å². The molecule has 0 aliphatic heterocycles. The largest absolute Gasteiger partial charge is 0.508 e. The Morgan fingerprint density at radius 2 is 1.71 bits per heavy atom. The number of hydrogen-bond acceptors (Lipinski definition) is 4. The van der Waals surface area contributed by atoms with Crippen molar-refractivity contribution in [3.8, 4) is 5.75 Å². The van der Waals surface area contributed by atoms with Gasteiger partial charge in [-0.25, -0.2) is 4.79 Å². The van der Waals surface area contributed by atoms with Crippen LogP contribution in [0.4, 0.5) is 11.4 Å². The number of carbonyl (C=O) groups is 2. The molecule has 0 spiro atoms. The van der Waals surface area contributed by atoms with Crippen LogP contribution in [0.15, 0.2) is 42.5 Å². The number of nitrogens with one attached hydrogen (secondary N) is 1. The van der Waals surface area contributed by atoms with Gasteiger partial charge >= 0.3 is 5.97 Å². The molecule has 0 saturated heterocycles. The Morgan fingerprint density at radius 3 is 2.29 bits per heavy atom. The van der Waals surface area contributed by atoms with E-state index in [1.807, 2.05) is 26.0 Å². The molecule has 0 saturated carbocycles. The smallest absolute Gasteiger partial charge is 0.337 e. The molecule has 0 atom stereocenters. The topological polar surface area (TPSA) is 113 Å². The van der Waals surface area contributed by atoms with E-state index in [4.69, 9.17) is 10.8 Å². The fourth-order valence-corrected chi connectivity index (χ4v) is 1.97. The van der Waals surface area contributed by atoms with Crippen LogP contribution in [0.1, 0.15) is 36.2 Å². The van der Waals surface area contributed by atoms with Crippen LogP contribution in [0.5, 0.6) is 5.75 Å². The number of aromatic hydroxyl groups is 1. The molecule has 0 fully saturated rings. The van der Waals surface area contributed by atoms with E-state index < -0.39 is 5.97 Å². The van der Waals surface area contributed by atoms with Gasteiger partial charge in [-0.3, -0.25) is 4.79 Å². The molecule has 5 N–H and O–H groups in total. The summed E-state index contributed by atoms with van der Waals surface area (Å²) in [6, 6.07) is 11.0. The van der Waals surface area contributed by atoms with Crippen LogP contribution in [0, 0.1) is 0 Å². The van der Waals surface area contributed by atoms with Crippen LogP contribution in [-0.4, -0.2) is 22.1 Å². The van der Waals surface area contributed by atoms with E-state index in [1.54, 1.807) is 12.1 Å². The van der Waals surface area contributed by atoms with Crippen molar-refractivity contribution in [1.82, 2.24) is 0 Å². The molecule has 128 valence electrons. The number of phenolic OH excluding ortho intramolecular Hbond substituents is 1. The minimum atomic E-state index is -1.22. The summed E-state index contributed by atoms with van der Waals surface area (Å²) in [5, 5.41) is 20.9. The molecule has 0 aliphatic carbocycles. The predicted octanol–water partition coefficient (Wildman–Crippen LogP) is 3.27. The molecule has 2 aromatic rings. The SMILES string of the molecule is CC.Nc1ccc(CCC(=O)Nc2ccc(O)cc2C(=O)O)cc1. The zero-order chi connectivity index (χ0) is 18.1. The summed E-state index contributed by atoms with van der Waals surface area (Å²) in [5.74, 6) is -1.69. The molecule has 2 rings (SSSR count). The second-order valence-electron chi connectivity index (χ2n) is 4.82. The molecule has 6 heteroatoms. The molecule has 0 heterocycles. The summed E-state index contributed by atoms with van der Waals surface area (Å²) >= 11 is 0. The molecule has 1 amide bonds. The second kappa shape index (κ2) is 9.19. The van der Waals surface area contributed by atoms with Gasteiger partial charge in [0.05, 0.1) is 11.3 Å². The van der Waals surface area contributed by atoms with Gasteiger partial charge in [0.25, 0.3) is 0 Å². The summed E-state index contributed by atoms with van der Waals surface area (Å²) in [6.07, 6.45) is 0.733. The Bertz CT molecular complexity index is 697. The van der Waals surface area contributed by atoms with E-state index in [2.05, 4.69) is 5.32 Å². The first-order chi connectivity index (χ1) is 11.5. The molecule has 2 aromatic carbocycles. The Hall–Kier alpha value is -3.02. The van der Waals surface area contributed by atoms with Gasteiger partial charge in [-0.05, 0) is 42.3 Å². The number of nitrogens with two attached hydrogens (primary N) is 1. The van der Waals surface area contributed by atoms with Crippen LogP contribution in [-0.2, 0) is 11.2 Å². The minimum Gasteiger partial charge on any atom is -0.508 e. The van der Waals surface area contributed by atoms with Gasteiger partial charge in [-0.15, -0.1) is 0 Å². The molecule has 6 nitrogen and oxygen atoms in total. The normalized spacial score (nSPS) is 9.58. The molecular formula is C18H22N2O4. The van der Waals surface area contributed by atoms with Crippen LogP contribution in [0.3, 0.4) is 0 Å². The molecule has 0 aliphatic rings. The third-order valence-electron chi connectivity index (χ3n) is 3.13. The number of nitrogen functional groups attached to an aromatic ring is 1. The number of phenols is 1. The van der Waals surface area contributed by atoms with Crippen LogP contribution >= 0.6 is 0 Å². The lowest BCUT2D eigenvalue weighted by Crippen LogP contribution is -2.15. The summed E-state index contributed by atoms with van der Waals surface area (Å²) in [7, 11) is 0. The Balaban J connectivity index is 0.00000139. The fraction of sp³-hybridized carbons (Fsp3) is 0.222. The first-order valence-corrected chi connectivity index (χ1v) is 7.66. The van der Waals surface area contributed by atoms with Gasteiger partial charge in [0.1, 0.15) is 5.75 Å². The number of amides is 1. The standard InChI is InChI=1S/C16H16N2O4.C2H6/c17-11-4-1-10(2-5-11)3-8-15(20)18-14-7-6-12(19)9-13(14)16(21)22;1-2/h1-2,4-7,9,19H,3,8,17H2,(H,18,20)(H,21,22);1-2H3. The third kappa shape index (κ3) is 5.64. The van der Waals surface area contributed by atoms with Crippen LogP contribution in [0.25, 0.3) is 0 Å². The molecular weight excluding hydrogens is 308 g/mol. The van der Waals surface area contributed by atoms with Gasteiger partial charge in [0.2, 0.25) is 5.91 Å². The molecule has 0 aromatic heterocycles. The van der Waals surface area contributed by atoms with E-state index in [0.29, 0.717) is 12.1 Å². The van der Waals surface area contributed by atoms with Crippen molar-refractivity contribution >= 4 is 23.3 Å². The Morgan fingerprint density at radius 1 is 1.08 bits per heavy atom. The average molecular weight is 330 g/mol. The van der Waals surface area contributed by atoms with Gasteiger partial charge in [0.15, 0.2) is 0 Å². The van der Waals surface area contributed by atoms with Crippen LogP contribution in [0.2, 0.25) is 0 Å². The van der Waals surface area contributed by atoms with E-state index >= 15 is 0 Å². The summed E-state index contributed by atoms with van der Waals surface area (Å²) in [5.41, 5.74) is 7.22. The van der Waals surface area contributed by atoms with Crippen molar-refractivity contribution in [2.75, 3.05) is 11.1 Å². The number of anilines is 2. The minimum absolute atomic E-state index is 0.152. The Labute approximate surface area is 140 Å². The first-order valence-electron chi connectivity index (χ1n) is 7.66. The van der Waals surface area contributed by atoms with Crippen molar-refractivity contribution in [3.63, 3.8) is 0 Å². The van der Waals surface area contributed by atoms with Crippen molar-refractivity contribution < 1.29 is 19.8 Å². The Kier molecular flexibility index (Phi) is 7.29. The summed E-state index contributed by atoms with van der Waals surface area (Å²) < 4.78 is 0. The number of rotatable bonds is 5. The number of hydrogen-bond donors (Lipinski definition) is 4. The number of carboxylic acid groups (broad SMARTS) is 1. The van der Waals surface area contributed by atoms with Gasteiger partial charge in [-0.1, -0.05) is 26.0 Å². The monoisotopic (exact) mass is 330 g/mol. The number of carbonyl (C=O) groups excluding carboxylic acids is 1. The lowest BCUT2D eigenvalue weighted by molar-refractivity contribution is -0.116. The quantitative estimate of drug-likeness (QED) is 0.496. The molecule has 0 radical (unpaired) electrons. The second-order valence-corrected chi connectivity index (χ2v) is 4.82. The predicted molar refractivity (Wildman–Crippen MR) is 94.2 cm³/mol. The highest BCUT2D eigenvalue weighted by Gasteiger charge is 2.13. The van der Waals surface area contributed by atoms with Crippen molar-refractivity contribution in [2.24, 2.45) is 0 Å². The van der Waals surface area contributed by atoms with E-state index in [1.165, 1.54) is 12.1 Å². The highest BCUT2D eigenvalue weighted by molar-refractivity contribution is 6.00. The van der Waals surface area contributed by atoms with Crippen molar-refractivity contribution in [2.45, 2.75) is 26.7 Å². The average Bonchev–Trinajstić information content (AvgIpc) is 2.57. The zero-order valence-electron chi connectivity index (χ0n) is 13.7. The number of aromatic carboxylic acids is 1. The maximum absolute atomic E-state index is 11.9. The molecule has 0 bridgehead atoms. The van der Waals surface area contributed by atoms with Crippen LogP contribution < -0.4 is 11.1 Å². The maximum atomic E-state index is 11.9. The fourth-order valence-electron chi connectivity index (χ4n) is 1.97. The van der Waals surface area contributed by atoms with Gasteiger partial charge < -0.3 is 21.3 Å². The number of benzene rings is 2. The first kappa shape index (κ1) is 19.0. The molecule has 0 unspecified atom stereocenters. The lowest BCUT2D eigenvalue weighted by atomic mass is 10.1. The van der Waals surface area contributed by atoms with E-state index in [9.17, 15) is 14.7 Å².